The Morgan fingerprint density at radius 1 is 1.03 bits per heavy atom. The summed E-state index contributed by atoms with van der Waals surface area (Å²) in [4.78, 5) is 34.8. The largest absolute Gasteiger partial charge is 0.495 e. The highest BCUT2D eigenvalue weighted by molar-refractivity contribution is 7.92. The maximum absolute atomic E-state index is 12.8. The number of hydrogen-bond acceptors (Lipinski definition) is 8. The average molecular weight is 500 g/mol. The van der Waals surface area contributed by atoms with Crippen molar-refractivity contribution in [2.24, 2.45) is 0 Å². The van der Waals surface area contributed by atoms with Gasteiger partial charge in [0.25, 0.3) is 21.6 Å². The van der Waals surface area contributed by atoms with E-state index in [-0.39, 0.29) is 27.5 Å². The molecular weight excluding hydrogens is 478 g/mol. The quantitative estimate of drug-likeness (QED) is 0.258. The van der Waals surface area contributed by atoms with Gasteiger partial charge in [-0.15, -0.1) is 0 Å². The van der Waals surface area contributed by atoms with Gasteiger partial charge in [-0.1, -0.05) is 24.3 Å². The maximum Gasteiger partial charge on any atom is 0.338 e. The Bertz CT molecular complexity index is 1390. The van der Waals surface area contributed by atoms with Gasteiger partial charge in [0, 0.05) is 17.3 Å². The normalized spacial score (nSPS) is 10.8. The van der Waals surface area contributed by atoms with E-state index in [1.807, 2.05) is 0 Å². The molecule has 0 spiro atoms. The maximum atomic E-state index is 12.8. The zero-order valence-electron chi connectivity index (χ0n) is 18.7. The molecule has 3 aromatic carbocycles. The smallest absolute Gasteiger partial charge is 0.338 e. The SMILES string of the molecule is COc1ccccc1NS(=O)(=O)c1cccc(C(=O)OCC(=O)Nc2ccc(C)c([N+](=O)[O-])c2)c1. The molecule has 3 rings (SSSR count). The van der Waals surface area contributed by atoms with Crippen molar-refractivity contribution in [3.05, 3.63) is 88.0 Å². The Labute approximate surface area is 200 Å². The van der Waals surface area contributed by atoms with Gasteiger partial charge in [0.1, 0.15) is 5.75 Å². The van der Waals surface area contributed by atoms with Gasteiger partial charge >= 0.3 is 5.97 Å². The summed E-state index contributed by atoms with van der Waals surface area (Å²) in [7, 11) is -2.66. The highest BCUT2D eigenvalue weighted by Gasteiger charge is 2.19. The predicted octanol–water partition coefficient (Wildman–Crippen LogP) is 3.51. The first-order chi connectivity index (χ1) is 16.6. The van der Waals surface area contributed by atoms with Crippen LogP contribution in [0.25, 0.3) is 0 Å². The van der Waals surface area contributed by atoms with E-state index in [4.69, 9.17) is 9.47 Å². The second-order valence-corrected chi connectivity index (χ2v) is 8.90. The molecule has 0 unspecified atom stereocenters. The van der Waals surface area contributed by atoms with E-state index >= 15 is 0 Å². The van der Waals surface area contributed by atoms with Crippen molar-refractivity contribution < 1.29 is 32.4 Å². The van der Waals surface area contributed by atoms with Gasteiger partial charge in [-0.05, 0) is 43.3 Å². The molecule has 1 amide bonds. The number of esters is 1. The van der Waals surface area contributed by atoms with Crippen LogP contribution in [0.5, 0.6) is 5.75 Å². The molecule has 2 N–H and O–H groups in total. The van der Waals surface area contributed by atoms with Crippen LogP contribution in [0.3, 0.4) is 0 Å². The molecule has 3 aromatic rings. The predicted molar refractivity (Wildman–Crippen MR) is 127 cm³/mol. The van der Waals surface area contributed by atoms with Crippen LogP contribution in [-0.4, -0.2) is 38.9 Å². The Hall–Kier alpha value is -4.45. The van der Waals surface area contributed by atoms with Gasteiger partial charge < -0.3 is 14.8 Å². The number of methoxy groups -OCH3 is 1. The van der Waals surface area contributed by atoms with Crippen molar-refractivity contribution >= 4 is 39.0 Å². The van der Waals surface area contributed by atoms with Crippen molar-refractivity contribution in [1.29, 1.82) is 0 Å². The van der Waals surface area contributed by atoms with E-state index in [1.54, 1.807) is 25.1 Å². The Kier molecular flexibility index (Phi) is 7.66. The first-order valence-electron chi connectivity index (χ1n) is 10.1. The molecule has 0 bridgehead atoms. The molecule has 0 aliphatic heterocycles. The van der Waals surface area contributed by atoms with Crippen LogP contribution in [0.1, 0.15) is 15.9 Å². The molecule has 0 fully saturated rings. The summed E-state index contributed by atoms with van der Waals surface area (Å²) in [5, 5.41) is 13.4. The van der Waals surface area contributed by atoms with Gasteiger partial charge in [-0.3, -0.25) is 19.6 Å². The summed E-state index contributed by atoms with van der Waals surface area (Å²) in [6.45, 7) is 0.878. The van der Waals surface area contributed by atoms with E-state index < -0.39 is 33.4 Å². The monoisotopic (exact) mass is 499 g/mol. The number of ether oxygens (including phenoxy) is 2. The standard InChI is InChI=1S/C23H21N3O8S/c1-15-10-11-17(13-20(15)26(29)30)24-22(27)14-34-23(28)16-6-5-7-18(12-16)35(31,32)25-19-8-3-4-9-21(19)33-2/h3-13,25H,14H2,1-2H3,(H,24,27). The van der Waals surface area contributed by atoms with Crippen LogP contribution in [0.15, 0.2) is 71.6 Å². The van der Waals surface area contributed by atoms with Gasteiger partial charge in [0.2, 0.25) is 0 Å². The fourth-order valence-corrected chi connectivity index (χ4v) is 4.13. The lowest BCUT2D eigenvalue weighted by Gasteiger charge is -2.12. The minimum Gasteiger partial charge on any atom is -0.495 e. The molecule has 0 aromatic heterocycles. The molecule has 12 heteroatoms. The fourth-order valence-electron chi connectivity index (χ4n) is 3.02. The number of amides is 1. The molecule has 0 saturated carbocycles. The number of sulfonamides is 1. The van der Waals surface area contributed by atoms with Gasteiger partial charge in [0.05, 0.1) is 28.2 Å². The number of aryl methyl sites for hydroxylation is 1. The Morgan fingerprint density at radius 3 is 2.49 bits per heavy atom. The third-order valence-corrected chi connectivity index (χ3v) is 6.12. The number of nitrogens with zero attached hydrogens (tertiary/aromatic N) is 1. The molecule has 0 aliphatic carbocycles. The number of benzene rings is 3. The van der Waals surface area contributed by atoms with Crippen molar-refractivity contribution in [3.63, 3.8) is 0 Å². The second kappa shape index (κ2) is 10.7. The molecule has 0 aliphatic rings. The van der Waals surface area contributed by atoms with Crippen LogP contribution in [-0.2, 0) is 19.6 Å². The molecule has 0 radical (unpaired) electrons. The van der Waals surface area contributed by atoms with Crippen LogP contribution < -0.4 is 14.8 Å². The number of rotatable bonds is 9. The summed E-state index contributed by atoms with van der Waals surface area (Å²) in [6, 6.07) is 15.7. The fraction of sp³-hybridized carbons (Fsp3) is 0.130. The summed E-state index contributed by atoms with van der Waals surface area (Å²) in [5.74, 6) is -1.33. The van der Waals surface area contributed by atoms with Crippen molar-refractivity contribution in [2.75, 3.05) is 23.8 Å². The highest BCUT2D eigenvalue weighted by atomic mass is 32.2. The minimum atomic E-state index is -4.06. The molecule has 0 atom stereocenters. The van der Waals surface area contributed by atoms with Crippen molar-refractivity contribution in [3.8, 4) is 5.75 Å². The molecule has 11 nitrogen and oxygen atoms in total. The molecule has 182 valence electrons. The number of nitro benzene ring substituents is 1. The van der Waals surface area contributed by atoms with E-state index in [0.29, 0.717) is 11.3 Å². The number of nitro groups is 1. The van der Waals surface area contributed by atoms with E-state index in [9.17, 15) is 28.1 Å². The zero-order valence-corrected chi connectivity index (χ0v) is 19.5. The van der Waals surface area contributed by atoms with Crippen LogP contribution in [0.4, 0.5) is 17.1 Å². The number of carbonyl (C=O) groups is 2. The van der Waals surface area contributed by atoms with Gasteiger partial charge in [0.15, 0.2) is 6.61 Å². The van der Waals surface area contributed by atoms with Gasteiger partial charge in [-0.25, -0.2) is 13.2 Å². The minimum absolute atomic E-state index is 0.0910. The van der Waals surface area contributed by atoms with Gasteiger partial charge in [-0.2, -0.15) is 0 Å². The van der Waals surface area contributed by atoms with Crippen LogP contribution in [0.2, 0.25) is 0 Å². The summed E-state index contributed by atoms with van der Waals surface area (Å²) in [6.07, 6.45) is 0. The summed E-state index contributed by atoms with van der Waals surface area (Å²) >= 11 is 0. The van der Waals surface area contributed by atoms with Crippen LogP contribution in [0, 0.1) is 17.0 Å². The lowest BCUT2D eigenvalue weighted by Crippen LogP contribution is -2.21. The lowest BCUT2D eigenvalue weighted by molar-refractivity contribution is -0.385. The third-order valence-electron chi connectivity index (χ3n) is 4.76. The number of carbonyl (C=O) groups excluding carboxylic acids is 2. The molecule has 0 heterocycles. The first kappa shape index (κ1) is 25.2. The van der Waals surface area contributed by atoms with E-state index in [2.05, 4.69) is 10.0 Å². The van der Waals surface area contributed by atoms with E-state index in [0.717, 1.165) is 6.07 Å². The lowest BCUT2D eigenvalue weighted by atomic mass is 10.2. The first-order valence-corrected chi connectivity index (χ1v) is 11.6. The van der Waals surface area contributed by atoms with E-state index in [1.165, 1.54) is 49.6 Å². The van der Waals surface area contributed by atoms with Crippen LogP contribution >= 0.6 is 0 Å². The third kappa shape index (κ3) is 6.32. The van der Waals surface area contributed by atoms with Crippen molar-refractivity contribution in [1.82, 2.24) is 0 Å². The van der Waals surface area contributed by atoms with Crippen molar-refractivity contribution in [2.45, 2.75) is 11.8 Å². The summed E-state index contributed by atoms with van der Waals surface area (Å²) < 4.78 is 38.1. The Morgan fingerprint density at radius 2 is 1.77 bits per heavy atom. The zero-order chi connectivity index (χ0) is 25.6. The second-order valence-electron chi connectivity index (χ2n) is 7.22. The topological polar surface area (TPSA) is 154 Å². The number of nitrogens with one attached hydrogen (secondary N) is 2. The molecular formula is C23H21N3O8S. The summed E-state index contributed by atoms with van der Waals surface area (Å²) in [5.41, 5.74) is 0.551. The number of hydrogen-bond donors (Lipinski definition) is 2. The Balaban J connectivity index is 1.66. The molecule has 0 saturated heterocycles. The molecule has 35 heavy (non-hydrogen) atoms. The number of anilines is 2. The highest BCUT2D eigenvalue weighted by Crippen LogP contribution is 2.26. The average Bonchev–Trinajstić information content (AvgIpc) is 2.83. The number of para-hydroxylation sites is 2.